The van der Waals surface area contributed by atoms with Crippen molar-refractivity contribution in [3.63, 3.8) is 0 Å². The molecule has 1 unspecified atom stereocenters. The molecule has 1 atom stereocenters. The minimum absolute atomic E-state index is 0.123. The van der Waals surface area contributed by atoms with E-state index in [0.717, 1.165) is 23.2 Å². The summed E-state index contributed by atoms with van der Waals surface area (Å²) in [5.41, 5.74) is 4.23. The van der Waals surface area contributed by atoms with Gasteiger partial charge in [0.1, 0.15) is 0 Å². The van der Waals surface area contributed by atoms with E-state index in [1.54, 1.807) is 36.2 Å². The molecule has 2 aliphatic rings. The molecule has 4 aromatic rings. The maximum absolute atomic E-state index is 14.0. The smallest absolute Gasteiger partial charge is 0.256 e. The predicted octanol–water partition coefficient (Wildman–Crippen LogP) is 5.78. The molecule has 4 aromatic carbocycles. The molecule has 2 aliphatic heterocycles. The van der Waals surface area contributed by atoms with Gasteiger partial charge in [-0.1, -0.05) is 67.6 Å². The van der Waals surface area contributed by atoms with Crippen molar-refractivity contribution < 1.29 is 23.9 Å². The number of carbonyl (C=O) groups is 3. The predicted molar refractivity (Wildman–Crippen MR) is 177 cm³/mol. The molecule has 0 bridgehead atoms. The number of rotatable bonds is 9. The van der Waals surface area contributed by atoms with Crippen LogP contribution in [-0.4, -0.2) is 67.5 Å². The summed E-state index contributed by atoms with van der Waals surface area (Å²) < 4.78 is 10.8. The van der Waals surface area contributed by atoms with Crippen LogP contribution in [0.3, 0.4) is 0 Å². The van der Waals surface area contributed by atoms with Gasteiger partial charge in [0.2, 0.25) is 12.7 Å². The topological polar surface area (TPSA) is 91.4 Å². The van der Waals surface area contributed by atoms with E-state index in [-0.39, 0.29) is 30.4 Å². The quantitative estimate of drug-likeness (QED) is 0.256. The van der Waals surface area contributed by atoms with E-state index in [1.807, 2.05) is 84.6 Å². The molecular formula is C37H38N4O5. The number of hydrogen-bond acceptors (Lipinski definition) is 6. The number of piperazine rings is 1. The number of anilines is 2. The molecule has 1 N–H and O–H groups in total. The standard InChI is InChI=1S/C37H38N4O5/c1-3-30(27-12-8-5-9-13-27)37(44)41-20-18-40(19-21-41)32-16-15-29(38-35(42)28-14-17-33-34(22-28)46-25-45-33)23-31(32)36(43)39(2)24-26-10-6-4-7-11-26/h4-17,22-23,30H,3,18-21,24-25H2,1-2H3,(H,38,42). The molecule has 236 valence electrons. The Morgan fingerprint density at radius 1 is 0.826 bits per heavy atom. The molecule has 46 heavy (non-hydrogen) atoms. The Bertz CT molecular complexity index is 1700. The summed E-state index contributed by atoms with van der Waals surface area (Å²) in [7, 11) is 1.78. The third-order valence-electron chi connectivity index (χ3n) is 8.57. The second kappa shape index (κ2) is 13.8. The summed E-state index contributed by atoms with van der Waals surface area (Å²) in [4.78, 5) is 46.5. The summed E-state index contributed by atoms with van der Waals surface area (Å²) in [6.07, 6.45) is 0.731. The fraction of sp³-hybridized carbons (Fsp3) is 0.270. The molecule has 3 amide bonds. The highest BCUT2D eigenvalue weighted by Gasteiger charge is 2.29. The van der Waals surface area contributed by atoms with Gasteiger partial charge in [0.05, 0.1) is 11.5 Å². The second-order valence-electron chi connectivity index (χ2n) is 11.6. The lowest BCUT2D eigenvalue weighted by Gasteiger charge is -2.38. The highest BCUT2D eigenvalue weighted by Crippen LogP contribution is 2.33. The number of nitrogens with zero attached hydrogens (tertiary/aromatic N) is 3. The molecule has 9 nitrogen and oxygen atoms in total. The number of fused-ring (bicyclic) bond motifs is 1. The number of amides is 3. The summed E-state index contributed by atoms with van der Waals surface area (Å²) in [5, 5.41) is 2.94. The number of nitrogens with one attached hydrogen (secondary N) is 1. The van der Waals surface area contributed by atoms with E-state index in [9.17, 15) is 14.4 Å². The Morgan fingerprint density at radius 3 is 2.24 bits per heavy atom. The molecule has 1 saturated heterocycles. The van der Waals surface area contributed by atoms with E-state index in [0.29, 0.717) is 61.0 Å². The van der Waals surface area contributed by atoms with Crippen LogP contribution in [0.1, 0.15) is 51.1 Å². The molecule has 0 aliphatic carbocycles. The largest absolute Gasteiger partial charge is 0.454 e. The Labute approximate surface area is 269 Å². The first-order valence-corrected chi connectivity index (χ1v) is 15.6. The fourth-order valence-corrected chi connectivity index (χ4v) is 6.06. The van der Waals surface area contributed by atoms with Crippen molar-refractivity contribution in [2.75, 3.05) is 50.2 Å². The first-order chi connectivity index (χ1) is 22.4. The van der Waals surface area contributed by atoms with Crippen LogP contribution < -0.4 is 19.7 Å². The second-order valence-corrected chi connectivity index (χ2v) is 11.6. The van der Waals surface area contributed by atoms with Gasteiger partial charge in [0, 0.05) is 56.7 Å². The lowest BCUT2D eigenvalue weighted by Crippen LogP contribution is -2.50. The van der Waals surface area contributed by atoms with Crippen molar-refractivity contribution in [1.82, 2.24) is 9.80 Å². The van der Waals surface area contributed by atoms with Crippen LogP contribution in [0.2, 0.25) is 0 Å². The summed E-state index contributed by atoms with van der Waals surface area (Å²) >= 11 is 0. The summed E-state index contributed by atoms with van der Waals surface area (Å²) in [6, 6.07) is 30.2. The maximum atomic E-state index is 14.0. The van der Waals surface area contributed by atoms with E-state index in [4.69, 9.17) is 9.47 Å². The molecule has 2 heterocycles. The average Bonchev–Trinajstić information content (AvgIpc) is 3.57. The first kappa shape index (κ1) is 30.7. The molecule has 9 heteroatoms. The number of carbonyl (C=O) groups excluding carboxylic acids is 3. The van der Waals surface area contributed by atoms with Gasteiger partial charge >= 0.3 is 0 Å². The average molecular weight is 619 g/mol. The normalized spacial score (nSPS) is 14.5. The monoisotopic (exact) mass is 618 g/mol. The van der Waals surface area contributed by atoms with Crippen LogP contribution in [-0.2, 0) is 11.3 Å². The van der Waals surface area contributed by atoms with Crippen molar-refractivity contribution in [2.24, 2.45) is 0 Å². The van der Waals surface area contributed by atoms with E-state index in [2.05, 4.69) is 10.2 Å². The molecular weight excluding hydrogens is 580 g/mol. The zero-order valence-electron chi connectivity index (χ0n) is 26.1. The van der Waals surface area contributed by atoms with Gasteiger partial charge in [-0.25, -0.2) is 0 Å². The number of benzene rings is 4. The van der Waals surface area contributed by atoms with Gasteiger partial charge in [0.15, 0.2) is 11.5 Å². The molecule has 6 rings (SSSR count). The molecule has 0 radical (unpaired) electrons. The van der Waals surface area contributed by atoms with Gasteiger partial charge in [-0.3, -0.25) is 14.4 Å². The zero-order valence-corrected chi connectivity index (χ0v) is 26.1. The van der Waals surface area contributed by atoms with Crippen LogP contribution in [0.5, 0.6) is 11.5 Å². The Balaban J connectivity index is 1.22. The third-order valence-corrected chi connectivity index (χ3v) is 8.57. The summed E-state index contributed by atoms with van der Waals surface area (Å²) in [5.74, 6) is 0.596. The van der Waals surface area contributed by atoms with Crippen LogP contribution in [0.25, 0.3) is 0 Å². The van der Waals surface area contributed by atoms with E-state index >= 15 is 0 Å². The Hall–Kier alpha value is -5.31. The van der Waals surface area contributed by atoms with Crippen molar-refractivity contribution in [3.05, 3.63) is 119 Å². The van der Waals surface area contributed by atoms with Crippen LogP contribution in [0, 0.1) is 0 Å². The maximum Gasteiger partial charge on any atom is 0.256 e. The van der Waals surface area contributed by atoms with E-state index < -0.39 is 0 Å². The fourth-order valence-electron chi connectivity index (χ4n) is 6.06. The SMILES string of the molecule is CCC(C(=O)N1CCN(c2ccc(NC(=O)c3ccc4c(c3)OCO4)cc2C(=O)N(C)Cc2ccccc2)CC1)c1ccccc1. The Kier molecular flexibility index (Phi) is 9.19. The lowest BCUT2D eigenvalue weighted by molar-refractivity contribution is -0.133. The minimum Gasteiger partial charge on any atom is -0.454 e. The number of ether oxygens (including phenoxy) is 2. The molecule has 1 fully saturated rings. The zero-order chi connectivity index (χ0) is 32.0. The highest BCUT2D eigenvalue weighted by molar-refractivity contribution is 6.06. The van der Waals surface area contributed by atoms with Crippen LogP contribution in [0.15, 0.2) is 97.1 Å². The van der Waals surface area contributed by atoms with Crippen molar-refractivity contribution in [2.45, 2.75) is 25.8 Å². The van der Waals surface area contributed by atoms with Gasteiger partial charge < -0.3 is 29.5 Å². The Morgan fingerprint density at radius 2 is 1.52 bits per heavy atom. The minimum atomic E-state index is -0.321. The molecule has 0 aromatic heterocycles. The van der Waals surface area contributed by atoms with Gasteiger partial charge in [-0.15, -0.1) is 0 Å². The van der Waals surface area contributed by atoms with Crippen molar-refractivity contribution in [3.8, 4) is 11.5 Å². The van der Waals surface area contributed by atoms with Crippen LogP contribution >= 0.6 is 0 Å². The van der Waals surface area contributed by atoms with Gasteiger partial charge in [-0.05, 0) is 53.9 Å². The van der Waals surface area contributed by atoms with Gasteiger partial charge in [0.25, 0.3) is 11.8 Å². The number of hydrogen-bond donors (Lipinski definition) is 1. The highest BCUT2D eigenvalue weighted by atomic mass is 16.7. The van der Waals surface area contributed by atoms with Gasteiger partial charge in [-0.2, -0.15) is 0 Å². The van der Waals surface area contributed by atoms with E-state index in [1.165, 1.54) is 0 Å². The van der Waals surface area contributed by atoms with Crippen molar-refractivity contribution >= 4 is 29.1 Å². The molecule has 0 spiro atoms. The summed E-state index contributed by atoms with van der Waals surface area (Å²) in [6.45, 7) is 4.88. The third kappa shape index (κ3) is 6.68. The van der Waals surface area contributed by atoms with Crippen LogP contribution in [0.4, 0.5) is 11.4 Å². The van der Waals surface area contributed by atoms with Crippen molar-refractivity contribution in [1.29, 1.82) is 0 Å². The molecule has 0 saturated carbocycles. The first-order valence-electron chi connectivity index (χ1n) is 15.6. The lowest BCUT2D eigenvalue weighted by atomic mass is 9.94.